The fraction of sp³-hybridized carbons (Fsp3) is 0. The second-order valence-corrected chi connectivity index (χ2v) is 5.29. The monoisotopic (exact) mass is 291 g/mol. The molecule has 2 rings (SSSR count). The van der Waals surface area contributed by atoms with Gasteiger partial charge >= 0.3 is 0 Å². The van der Waals surface area contributed by atoms with Gasteiger partial charge in [-0.25, -0.2) is 8.42 Å². The molecule has 0 heterocycles. The van der Waals surface area contributed by atoms with Crippen LogP contribution in [0, 0.1) is 0 Å². The Morgan fingerprint density at radius 1 is 1.10 bits per heavy atom. The van der Waals surface area contributed by atoms with Crippen LogP contribution in [0.3, 0.4) is 0 Å². The molecule has 2 N–H and O–H groups in total. The first-order valence-corrected chi connectivity index (χ1v) is 7.01. The number of anilines is 1. The van der Waals surface area contributed by atoms with Crippen LogP contribution in [0.4, 0.5) is 5.69 Å². The number of para-hydroxylation sites is 1. The standard InChI is InChI=1S/C13H12N2O4S/c16-13-4-2-1-3-10(13)9-14-15-11-5-7-12(8-6-11)20(17,18)19/h1-9,15-16H,(H,17,18,19)/p-1. The summed E-state index contributed by atoms with van der Waals surface area (Å²) in [6.07, 6.45) is 1.42. The van der Waals surface area contributed by atoms with Crippen molar-refractivity contribution in [1.29, 1.82) is 0 Å². The van der Waals surface area contributed by atoms with Gasteiger partial charge in [-0.3, -0.25) is 5.43 Å². The summed E-state index contributed by atoms with van der Waals surface area (Å²) in [6, 6.07) is 11.9. The van der Waals surface area contributed by atoms with E-state index in [4.69, 9.17) is 0 Å². The number of phenols is 1. The number of hydrogen-bond donors (Lipinski definition) is 2. The van der Waals surface area contributed by atoms with Crippen LogP contribution in [-0.2, 0) is 10.1 Å². The number of hydrogen-bond acceptors (Lipinski definition) is 6. The van der Waals surface area contributed by atoms with E-state index in [9.17, 15) is 18.1 Å². The molecule has 0 saturated heterocycles. The summed E-state index contributed by atoms with van der Waals surface area (Å²) in [6.45, 7) is 0. The van der Waals surface area contributed by atoms with Crippen molar-refractivity contribution in [3.05, 3.63) is 54.1 Å². The zero-order valence-electron chi connectivity index (χ0n) is 10.2. The van der Waals surface area contributed by atoms with Gasteiger partial charge in [0, 0.05) is 5.56 Å². The zero-order valence-corrected chi connectivity index (χ0v) is 11.0. The van der Waals surface area contributed by atoms with Crippen LogP contribution in [0.2, 0.25) is 0 Å². The van der Waals surface area contributed by atoms with Gasteiger partial charge < -0.3 is 9.66 Å². The third-order valence-corrected chi connectivity index (χ3v) is 3.33. The van der Waals surface area contributed by atoms with E-state index in [1.54, 1.807) is 18.2 Å². The van der Waals surface area contributed by atoms with Gasteiger partial charge in [0.05, 0.1) is 16.8 Å². The maximum Gasteiger partial charge on any atom is 0.124 e. The van der Waals surface area contributed by atoms with Crippen LogP contribution in [0.1, 0.15) is 5.56 Å². The van der Waals surface area contributed by atoms with E-state index in [0.717, 1.165) is 0 Å². The maximum atomic E-state index is 10.7. The maximum absolute atomic E-state index is 10.7. The number of nitrogens with zero attached hydrogens (tertiary/aromatic N) is 1. The van der Waals surface area contributed by atoms with Crippen LogP contribution < -0.4 is 5.43 Å². The lowest BCUT2D eigenvalue weighted by molar-refractivity contribution is 0.463. The molecule has 0 aliphatic rings. The molecule has 2 aromatic rings. The smallest absolute Gasteiger partial charge is 0.124 e. The van der Waals surface area contributed by atoms with Crippen molar-refractivity contribution in [3.8, 4) is 5.75 Å². The van der Waals surface area contributed by atoms with Crippen LogP contribution in [0.5, 0.6) is 5.75 Å². The van der Waals surface area contributed by atoms with Gasteiger partial charge in [-0.1, -0.05) is 12.1 Å². The molecule has 7 heteroatoms. The van der Waals surface area contributed by atoms with Crippen molar-refractivity contribution < 1.29 is 18.1 Å². The minimum absolute atomic E-state index is 0.103. The van der Waals surface area contributed by atoms with E-state index in [2.05, 4.69) is 10.5 Å². The second kappa shape index (κ2) is 5.72. The van der Waals surface area contributed by atoms with Gasteiger partial charge in [-0.05, 0) is 36.4 Å². The lowest BCUT2D eigenvalue weighted by Gasteiger charge is -2.07. The van der Waals surface area contributed by atoms with Gasteiger partial charge in [0.1, 0.15) is 15.9 Å². The van der Waals surface area contributed by atoms with Gasteiger partial charge in [0.2, 0.25) is 0 Å². The Morgan fingerprint density at radius 2 is 1.75 bits per heavy atom. The summed E-state index contributed by atoms with van der Waals surface area (Å²) in [4.78, 5) is -0.298. The normalized spacial score (nSPS) is 11.7. The zero-order chi connectivity index (χ0) is 14.6. The first-order valence-electron chi connectivity index (χ1n) is 5.60. The Kier molecular flexibility index (Phi) is 4.02. The van der Waals surface area contributed by atoms with Crippen LogP contribution in [0.15, 0.2) is 58.5 Å². The van der Waals surface area contributed by atoms with Gasteiger partial charge in [-0.2, -0.15) is 5.10 Å². The van der Waals surface area contributed by atoms with E-state index >= 15 is 0 Å². The highest BCUT2D eigenvalue weighted by molar-refractivity contribution is 7.85. The van der Waals surface area contributed by atoms with Gasteiger partial charge in [-0.15, -0.1) is 0 Å². The van der Waals surface area contributed by atoms with Crippen molar-refractivity contribution in [3.63, 3.8) is 0 Å². The quantitative estimate of drug-likeness (QED) is 0.507. The summed E-state index contributed by atoms with van der Waals surface area (Å²) in [5, 5.41) is 13.4. The molecule has 0 aromatic heterocycles. The molecular formula is C13H11N2O4S-. The van der Waals surface area contributed by atoms with Crippen LogP contribution >= 0.6 is 0 Å². The predicted molar refractivity (Wildman–Crippen MR) is 73.7 cm³/mol. The Hall–Kier alpha value is -2.38. The average molecular weight is 291 g/mol. The molecule has 0 saturated carbocycles. The highest BCUT2D eigenvalue weighted by atomic mass is 32.2. The van der Waals surface area contributed by atoms with Gasteiger partial charge in [0.15, 0.2) is 0 Å². The highest BCUT2D eigenvalue weighted by Crippen LogP contribution is 2.15. The molecule has 20 heavy (non-hydrogen) atoms. The molecule has 0 unspecified atom stereocenters. The second-order valence-electron chi connectivity index (χ2n) is 3.91. The first-order chi connectivity index (χ1) is 9.47. The van der Waals surface area contributed by atoms with E-state index in [1.165, 1.54) is 36.5 Å². The number of hydrazone groups is 1. The lowest BCUT2D eigenvalue weighted by atomic mass is 10.2. The van der Waals surface area contributed by atoms with E-state index in [0.29, 0.717) is 11.3 Å². The first kappa shape index (κ1) is 14.0. The minimum Gasteiger partial charge on any atom is -0.744 e. The predicted octanol–water partition coefficient (Wildman–Crippen LogP) is 1.74. The topological polar surface area (TPSA) is 102 Å². The van der Waals surface area contributed by atoms with Crippen LogP contribution in [-0.4, -0.2) is 24.3 Å². The fourth-order valence-corrected chi connectivity index (χ4v) is 1.94. The largest absolute Gasteiger partial charge is 0.744 e. The number of aromatic hydroxyl groups is 1. The fourth-order valence-electron chi connectivity index (χ4n) is 1.47. The lowest BCUT2D eigenvalue weighted by Crippen LogP contribution is -1.98. The molecule has 0 amide bonds. The van der Waals surface area contributed by atoms with E-state index in [1.807, 2.05) is 0 Å². The highest BCUT2D eigenvalue weighted by Gasteiger charge is 2.00. The Balaban J connectivity index is 2.07. The summed E-state index contributed by atoms with van der Waals surface area (Å²) in [5.41, 5.74) is 3.72. The molecule has 6 nitrogen and oxygen atoms in total. The van der Waals surface area contributed by atoms with Crippen LogP contribution in [0.25, 0.3) is 0 Å². The molecule has 0 radical (unpaired) electrons. The molecule has 2 aromatic carbocycles. The number of rotatable bonds is 4. The molecular weight excluding hydrogens is 280 g/mol. The Morgan fingerprint density at radius 3 is 2.35 bits per heavy atom. The molecule has 0 aliphatic carbocycles. The molecule has 0 fully saturated rings. The van der Waals surface area contributed by atoms with Crippen molar-refractivity contribution >= 4 is 22.0 Å². The summed E-state index contributed by atoms with van der Waals surface area (Å²) in [7, 11) is -4.44. The molecule has 0 spiro atoms. The third kappa shape index (κ3) is 3.56. The number of benzene rings is 2. The summed E-state index contributed by atoms with van der Waals surface area (Å²) in [5.74, 6) is 0.103. The molecule has 0 bridgehead atoms. The third-order valence-electron chi connectivity index (χ3n) is 2.48. The summed E-state index contributed by atoms with van der Waals surface area (Å²) >= 11 is 0. The summed E-state index contributed by atoms with van der Waals surface area (Å²) < 4.78 is 32.2. The molecule has 104 valence electrons. The minimum atomic E-state index is -4.44. The van der Waals surface area contributed by atoms with E-state index in [-0.39, 0.29) is 10.6 Å². The average Bonchev–Trinajstić information content (AvgIpc) is 2.40. The SMILES string of the molecule is O=S(=O)([O-])c1ccc(NN=Cc2ccccc2O)cc1. The number of phenolic OH excluding ortho intramolecular Hbond substituents is 1. The van der Waals surface area contributed by atoms with E-state index < -0.39 is 10.1 Å². The molecule has 0 aliphatic heterocycles. The van der Waals surface area contributed by atoms with Gasteiger partial charge in [0.25, 0.3) is 0 Å². The number of nitrogens with one attached hydrogen (secondary N) is 1. The Bertz CT molecular complexity index is 724. The van der Waals surface area contributed by atoms with Crippen molar-refractivity contribution in [2.75, 3.05) is 5.43 Å². The van der Waals surface area contributed by atoms with Crippen molar-refractivity contribution in [1.82, 2.24) is 0 Å². The van der Waals surface area contributed by atoms with Crippen molar-refractivity contribution in [2.45, 2.75) is 4.90 Å². The van der Waals surface area contributed by atoms with Crippen molar-refractivity contribution in [2.24, 2.45) is 5.10 Å². The Labute approximate surface area is 116 Å². The molecule has 0 atom stereocenters.